The standard InChI is InChI=1S/C42H49N9O7S/c1-24(2)34(47-41(55)57-5)38(53)50-19-9-13-30(50)36-43-21-29(44-36)26-15-17-27(18-16-26)32-22-49-23-33(46-40(49)59-32)45-37(52)31-14-10-20-51(31)39(54)35(28-11-7-6-8-12-28)48-42(56)58-25(3)4/h6-8,11-12,15-18,21-25,30-31,34-35H,9-10,13-14,19-20H2,1-5H3,(H,43,44)(H,45,52)(H,47,55)(H,48,56)/t30-,31-,34-,35+/m0/s1. The Bertz CT molecular complexity index is 2270. The highest BCUT2D eigenvalue weighted by molar-refractivity contribution is 7.20. The van der Waals surface area contributed by atoms with E-state index < -0.39 is 30.3 Å². The number of hydrogen-bond acceptors (Lipinski definition) is 10. The molecular formula is C42H49N9O7S. The zero-order valence-electron chi connectivity index (χ0n) is 33.6. The molecule has 2 aliphatic heterocycles. The summed E-state index contributed by atoms with van der Waals surface area (Å²) in [5.41, 5.74) is 3.33. The molecule has 16 nitrogen and oxygen atoms in total. The van der Waals surface area contributed by atoms with E-state index >= 15 is 0 Å². The molecule has 0 radical (unpaired) electrons. The van der Waals surface area contributed by atoms with Crippen molar-refractivity contribution in [2.24, 2.45) is 5.92 Å². The van der Waals surface area contributed by atoms with Crippen molar-refractivity contribution in [1.82, 2.24) is 39.8 Å². The molecule has 2 aliphatic rings. The molecule has 2 aromatic carbocycles. The highest BCUT2D eigenvalue weighted by Gasteiger charge is 2.40. The molecule has 3 aromatic heterocycles. The predicted molar refractivity (Wildman–Crippen MR) is 221 cm³/mol. The lowest BCUT2D eigenvalue weighted by Crippen LogP contribution is -2.51. The first-order chi connectivity index (χ1) is 28.4. The van der Waals surface area contributed by atoms with Crippen LogP contribution in [0.15, 0.2) is 73.2 Å². The highest BCUT2D eigenvalue weighted by atomic mass is 32.1. The van der Waals surface area contributed by atoms with Crippen LogP contribution in [0.25, 0.3) is 26.7 Å². The van der Waals surface area contributed by atoms with Crippen molar-refractivity contribution in [2.45, 2.75) is 83.6 Å². The van der Waals surface area contributed by atoms with E-state index in [9.17, 15) is 24.0 Å². The van der Waals surface area contributed by atoms with Crippen molar-refractivity contribution in [1.29, 1.82) is 0 Å². The Morgan fingerprint density at radius 1 is 0.847 bits per heavy atom. The summed E-state index contributed by atoms with van der Waals surface area (Å²) in [6.07, 6.45) is 6.47. The molecule has 0 bridgehead atoms. The number of alkyl carbamates (subject to hydrolysis) is 2. The number of nitrogens with one attached hydrogen (secondary N) is 4. The minimum Gasteiger partial charge on any atom is -0.453 e. The Morgan fingerprint density at radius 3 is 2.25 bits per heavy atom. The largest absolute Gasteiger partial charge is 0.453 e. The second-order valence-electron chi connectivity index (χ2n) is 15.3. The molecule has 0 aliphatic carbocycles. The molecule has 5 heterocycles. The van der Waals surface area contributed by atoms with Crippen LogP contribution < -0.4 is 16.0 Å². The summed E-state index contributed by atoms with van der Waals surface area (Å²) in [5.74, 6) is 0.0538. The van der Waals surface area contributed by atoms with Gasteiger partial charge in [0.2, 0.25) is 11.8 Å². The fraction of sp³-hybridized carbons (Fsp3) is 0.405. The maximum Gasteiger partial charge on any atom is 0.408 e. The topological polar surface area (TPSA) is 192 Å². The smallest absolute Gasteiger partial charge is 0.408 e. The van der Waals surface area contributed by atoms with E-state index in [1.807, 2.05) is 54.8 Å². The van der Waals surface area contributed by atoms with Gasteiger partial charge in [-0.15, -0.1) is 0 Å². The number of benzene rings is 2. The minimum atomic E-state index is -1.01. The maximum atomic E-state index is 13.9. The number of carbonyl (C=O) groups is 5. The Morgan fingerprint density at radius 2 is 1.56 bits per heavy atom. The second kappa shape index (κ2) is 17.7. The van der Waals surface area contributed by atoms with E-state index in [1.165, 1.54) is 23.3 Å². The second-order valence-corrected chi connectivity index (χ2v) is 16.3. The number of thiazole rings is 1. The molecule has 0 unspecified atom stereocenters. The third-order valence-electron chi connectivity index (χ3n) is 10.5. The van der Waals surface area contributed by atoms with Crippen molar-refractivity contribution in [2.75, 3.05) is 25.5 Å². The number of rotatable bonds is 12. The van der Waals surface area contributed by atoms with Gasteiger partial charge >= 0.3 is 12.2 Å². The summed E-state index contributed by atoms with van der Waals surface area (Å²) in [7, 11) is 1.28. The Kier molecular flexibility index (Phi) is 12.3. The first-order valence-corrected chi connectivity index (χ1v) is 20.6. The molecule has 59 heavy (non-hydrogen) atoms. The van der Waals surface area contributed by atoms with Gasteiger partial charge in [-0.1, -0.05) is 79.8 Å². The molecule has 310 valence electrons. The number of imidazole rings is 2. The predicted octanol–water partition coefficient (Wildman–Crippen LogP) is 6.30. The first kappa shape index (κ1) is 40.9. The van der Waals surface area contributed by atoms with Gasteiger partial charge in [0.05, 0.1) is 42.2 Å². The minimum absolute atomic E-state index is 0.121. The van der Waals surface area contributed by atoms with Crippen LogP contribution in [-0.2, 0) is 23.9 Å². The average molecular weight is 824 g/mol. The Hall–Kier alpha value is -6.23. The van der Waals surface area contributed by atoms with Gasteiger partial charge in [0, 0.05) is 19.3 Å². The lowest BCUT2D eigenvalue weighted by atomic mass is 10.0. The van der Waals surface area contributed by atoms with Gasteiger partial charge in [-0.2, -0.15) is 0 Å². The van der Waals surface area contributed by atoms with Crippen molar-refractivity contribution in [3.8, 4) is 21.7 Å². The number of nitrogens with zero attached hydrogens (tertiary/aromatic N) is 5. The van der Waals surface area contributed by atoms with Gasteiger partial charge in [-0.05, 0) is 62.1 Å². The van der Waals surface area contributed by atoms with Gasteiger partial charge in [0.1, 0.15) is 23.9 Å². The quantitative estimate of drug-likeness (QED) is 0.112. The zero-order valence-corrected chi connectivity index (χ0v) is 34.5. The molecular weight excluding hydrogens is 775 g/mol. The molecule has 5 amide bonds. The van der Waals surface area contributed by atoms with Crippen LogP contribution in [0, 0.1) is 5.92 Å². The fourth-order valence-electron chi connectivity index (χ4n) is 7.63. The number of aromatic amines is 1. The first-order valence-electron chi connectivity index (χ1n) is 19.8. The third-order valence-corrected chi connectivity index (χ3v) is 11.6. The molecule has 5 aromatic rings. The molecule has 7 rings (SSSR count). The van der Waals surface area contributed by atoms with Gasteiger partial charge in [-0.25, -0.2) is 19.6 Å². The average Bonchev–Trinajstić information content (AvgIpc) is 4.07. The molecule has 2 saturated heterocycles. The summed E-state index contributed by atoms with van der Waals surface area (Å²) in [4.78, 5) is 83.3. The van der Waals surface area contributed by atoms with Gasteiger partial charge in [0.15, 0.2) is 10.8 Å². The van der Waals surface area contributed by atoms with Crippen molar-refractivity contribution in [3.05, 3.63) is 84.6 Å². The molecule has 4 N–H and O–H groups in total. The van der Waals surface area contributed by atoms with Crippen LogP contribution in [-0.4, -0.2) is 97.4 Å². The van der Waals surface area contributed by atoms with E-state index in [-0.39, 0.29) is 35.8 Å². The van der Waals surface area contributed by atoms with Crippen LogP contribution in [0.3, 0.4) is 0 Å². The summed E-state index contributed by atoms with van der Waals surface area (Å²) in [6.45, 7) is 8.18. The normalized spacial score (nSPS) is 17.6. The SMILES string of the molecule is COC(=O)N[C@H](C(=O)N1CCC[C@H]1c1ncc(-c2ccc(-c3cn4cc(NC(=O)[C@@H]5CCCN5C(=O)[C@H](NC(=O)OC(C)C)c5ccccc5)nc4s3)cc2)[nH]1)C(C)C. The lowest BCUT2D eigenvalue weighted by Gasteiger charge is -2.30. The number of methoxy groups -OCH3 is 1. The lowest BCUT2D eigenvalue weighted by molar-refractivity contribution is -0.138. The van der Waals surface area contributed by atoms with Crippen molar-refractivity contribution >= 4 is 52.0 Å². The van der Waals surface area contributed by atoms with Crippen LogP contribution in [0.5, 0.6) is 0 Å². The maximum absolute atomic E-state index is 13.9. The highest BCUT2D eigenvalue weighted by Crippen LogP contribution is 2.35. The van der Waals surface area contributed by atoms with E-state index in [1.54, 1.807) is 55.4 Å². The van der Waals surface area contributed by atoms with Crippen LogP contribution in [0.2, 0.25) is 0 Å². The van der Waals surface area contributed by atoms with Gasteiger partial charge in [0.25, 0.3) is 5.91 Å². The molecule has 2 fully saturated rings. The molecule has 0 spiro atoms. The summed E-state index contributed by atoms with van der Waals surface area (Å²) in [6, 6.07) is 14.3. The Labute approximate surface area is 345 Å². The van der Waals surface area contributed by atoms with Gasteiger partial charge in [-0.3, -0.25) is 18.8 Å². The number of ether oxygens (including phenoxy) is 2. The number of fused-ring (bicyclic) bond motifs is 1. The summed E-state index contributed by atoms with van der Waals surface area (Å²) >= 11 is 1.47. The number of carbonyl (C=O) groups excluding carboxylic acids is 5. The molecule has 0 saturated carbocycles. The summed E-state index contributed by atoms with van der Waals surface area (Å²) in [5, 5.41) is 8.28. The van der Waals surface area contributed by atoms with Crippen molar-refractivity contribution in [3.63, 3.8) is 0 Å². The van der Waals surface area contributed by atoms with Gasteiger partial charge < -0.3 is 40.2 Å². The van der Waals surface area contributed by atoms with Crippen LogP contribution in [0.1, 0.15) is 76.8 Å². The molecule has 17 heteroatoms. The zero-order chi connectivity index (χ0) is 41.8. The number of amides is 5. The van der Waals surface area contributed by atoms with Crippen LogP contribution in [0.4, 0.5) is 15.4 Å². The number of aromatic nitrogens is 4. The third kappa shape index (κ3) is 9.09. The number of anilines is 1. The van der Waals surface area contributed by atoms with E-state index in [0.717, 1.165) is 34.5 Å². The Balaban J connectivity index is 0.991. The monoisotopic (exact) mass is 823 g/mol. The summed E-state index contributed by atoms with van der Waals surface area (Å²) < 4.78 is 11.9. The number of H-pyrrole nitrogens is 1. The number of likely N-dealkylation sites (tertiary alicyclic amines) is 2. The fourth-order valence-corrected chi connectivity index (χ4v) is 8.60. The molecule has 4 atom stereocenters. The van der Waals surface area contributed by atoms with Crippen molar-refractivity contribution < 1.29 is 33.4 Å². The van der Waals surface area contributed by atoms with E-state index in [0.29, 0.717) is 48.1 Å². The van der Waals surface area contributed by atoms with E-state index in [4.69, 9.17) is 9.47 Å². The van der Waals surface area contributed by atoms with Crippen LogP contribution >= 0.6 is 11.3 Å². The number of hydrogen-bond donors (Lipinski definition) is 4. The van der Waals surface area contributed by atoms with E-state index in [2.05, 4.69) is 30.9 Å².